The van der Waals surface area contributed by atoms with E-state index >= 15 is 0 Å². The minimum absolute atomic E-state index is 0.134. The van der Waals surface area contributed by atoms with Crippen LogP contribution in [0, 0.1) is 17.0 Å². The molecule has 0 saturated carbocycles. The molecule has 1 heterocycles. The Morgan fingerprint density at radius 2 is 1.90 bits per heavy atom. The van der Waals surface area contributed by atoms with Crippen molar-refractivity contribution < 1.29 is 10.0 Å². The topological polar surface area (TPSA) is 69.9 Å². The van der Waals surface area contributed by atoms with Crippen LogP contribution in [0.15, 0.2) is 18.2 Å². The molecule has 1 aromatic carbocycles. The van der Waals surface area contributed by atoms with Gasteiger partial charge in [0.25, 0.3) is 5.69 Å². The zero-order chi connectivity index (χ0) is 15.6. The predicted molar refractivity (Wildman–Crippen MR) is 82.8 cm³/mol. The van der Waals surface area contributed by atoms with Gasteiger partial charge in [0, 0.05) is 50.5 Å². The summed E-state index contributed by atoms with van der Waals surface area (Å²) in [6.07, 6.45) is 0. The molecule has 0 aliphatic carbocycles. The van der Waals surface area contributed by atoms with Gasteiger partial charge in [-0.05, 0) is 26.3 Å². The third-order valence-corrected chi connectivity index (χ3v) is 3.73. The van der Waals surface area contributed by atoms with Crippen LogP contribution in [0.5, 0.6) is 0 Å². The van der Waals surface area contributed by atoms with Crippen LogP contribution in [-0.4, -0.2) is 53.3 Å². The number of aryl methyl sites for hydroxylation is 1. The Bertz CT molecular complexity index is 517. The number of anilines is 1. The number of hydrogen-bond donors (Lipinski definition) is 1. The van der Waals surface area contributed by atoms with E-state index in [-0.39, 0.29) is 10.6 Å². The quantitative estimate of drug-likeness (QED) is 0.677. The highest BCUT2D eigenvalue weighted by Gasteiger charge is 2.24. The van der Waals surface area contributed by atoms with E-state index in [9.17, 15) is 15.2 Å². The summed E-state index contributed by atoms with van der Waals surface area (Å²) in [5.74, 6) is 0. The van der Waals surface area contributed by atoms with Gasteiger partial charge in [-0.1, -0.05) is 6.07 Å². The van der Waals surface area contributed by atoms with Crippen molar-refractivity contribution in [2.45, 2.75) is 26.4 Å². The molecule has 0 radical (unpaired) electrons. The van der Waals surface area contributed by atoms with E-state index in [4.69, 9.17) is 0 Å². The Balaban J connectivity index is 2.05. The minimum atomic E-state index is -0.691. The van der Waals surface area contributed by atoms with Crippen molar-refractivity contribution in [2.24, 2.45) is 0 Å². The fourth-order valence-corrected chi connectivity index (χ4v) is 2.75. The maximum Gasteiger partial charge on any atom is 0.271 e. The monoisotopic (exact) mass is 293 g/mol. The summed E-state index contributed by atoms with van der Waals surface area (Å²) >= 11 is 0. The van der Waals surface area contributed by atoms with E-state index in [0.29, 0.717) is 6.54 Å². The largest absolute Gasteiger partial charge is 0.389 e. The van der Waals surface area contributed by atoms with E-state index < -0.39 is 5.60 Å². The summed E-state index contributed by atoms with van der Waals surface area (Å²) in [5, 5.41) is 20.8. The first-order valence-electron chi connectivity index (χ1n) is 7.21. The number of aliphatic hydroxyl groups is 1. The van der Waals surface area contributed by atoms with Gasteiger partial charge in [0.05, 0.1) is 10.5 Å². The number of benzene rings is 1. The molecule has 0 amide bonds. The summed E-state index contributed by atoms with van der Waals surface area (Å²) in [4.78, 5) is 15.0. The van der Waals surface area contributed by atoms with Crippen LogP contribution >= 0.6 is 0 Å². The van der Waals surface area contributed by atoms with E-state index in [1.54, 1.807) is 18.2 Å². The summed E-state index contributed by atoms with van der Waals surface area (Å²) in [6, 6.07) is 5.00. The average molecular weight is 293 g/mol. The normalized spacial score (nSPS) is 17.0. The number of hydrogen-bond acceptors (Lipinski definition) is 5. The molecule has 0 atom stereocenters. The number of nitrogens with zero attached hydrogens (tertiary/aromatic N) is 3. The summed E-state index contributed by atoms with van der Waals surface area (Å²) < 4.78 is 0. The predicted octanol–water partition coefficient (Wildman–Crippen LogP) is 1.80. The van der Waals surface area contributed by atoms with Crippen LogP contribution in [0.25, 0.3) is 0 Å². The van der Waals surface area contributed by atoms with Crippen molar-refractivity contribution in [3.63, 3.8) is 0 Å². The molecular weight excluding hydrogens is 270 g/mol. The second-order valence-electron chi connectivity index (χ2n) is 6.30. The standard InChI is InChI=1S/C15H23N3O3/c1-12-4-5-13(18(20)21)10-14(12)17-8-6-16(7-9-17)11-15(2,3)19/h4-5,10,19H,6-9,11H2,1-3H3. The molecule has 1 saturated heterocycles. The zero-order valence-electron chi connectivity index (χ0n) is 12.9. The second-order valence-corrected chi connectivity index (χ2v) is 6.30. The first-order valence-corrected chi connectivity index (χ1v) is 7.21. The van der Waals surface area contributed by atoms with Crippen LogP contribution in [-0.2, 0) is 0 Å². The van der Waals surface area contributed by atoms with Crippen LogP contribution in [0.1, 0.15) is 19.4 Å². The highest BCUT2D eigenvalue weighted by molar-refractivity contribution is 5.59. The molecule has 1 N–H and O–H groups in total. The van der Waals surface area contributed by atoms with Gasteiger partial charge in [-0.25, -0.2) is 0 Å². The van der Waals surface area contributed by atoms with Crippen molar-refractivity contribution in [3.05, 3.63) is 33.9 Å². The molecule has 116 valence electrons. The highest BCUT2D eigenvalue weighted by atomic mass is 16.6. The molecule has 0 unspecified atom stereocenters. The van der Waals surface area contributed by atoms with Crippen LogP contribution in [0.3, 0.4) is 0 Å². The summed E-state index contributed by atoms with van der Waals surface area (Å²) in [5.41, 5.74) is 1.43. The van der Waals surface area contributed by atoms with Gasteiger partial charge in [-0.2, -0.15) is 0 Å². The number of nitro groups is 1. The lowest BCUT2D eigenvalue weighted by Crippen LogP contribution is -2.50. The summed E-state index contributed by atoms with van der Waals surface area (Å²) in [7, 11) is 0. The van der Waals surface area contributed by atoms with Crippen molar-refractivity contribution in [3.8, 4) is 0 Å². The Kier molecular flexibility index (Phi) is 4.49. The third-order valence-electron chi connectivity index (χ3n) is 3.73. The molecule has 0 aromatic heterocycles. The SMILES string of the molecule is Cc1ccc([N+](=O)[O-])cc1N1CCN(CC(C)(C)O)CC1. The zero-order valence-corrected chi connectivity index (χ0v) is 12.9. The van der Waals surface area contributed by atoms with Gasteiger partial charge in [0.1, 0.15) is 0 Å². The lowest BCUT2D eigenvalue weighted by atomic mass is 10.1. The van der Waals surface area contributed by atoms with Gasteiger partial charge >= 0.3 is 0 Å². The lowest BCUT2D eigenvalue weighted by molar-refractivity contribution is -0.384. The number of β-amino-alcohol motifs (C(OH)–C–C–N with tert-alkyl or cyclic N) is 1. The summed E-state index contributed by atoms with van der Waals surface area (Å²) in [6.45, 7) is 9.58. The van der Waals surface area contributed by atoms with Crippen molar-refractivity contribution in [1.29, 1.82) is 0 Å². The van der Waals surface area contributed by atoms with Crippen LogP contribution in [0.2, 0.25) is 0 Å². The van der Waals surface area contributed by atoms with Crippen LogP contribution in [0.4, 0.5) is 11.4 Å². The van der Waals surface area contributed by atoms with E-state index in [1.807, 2.05) is 20.8 Å². The molecule has 2 rings (SSSR count). The highest BCUT2D eigenvalue weighted by Crippen LogP contribution is 2.26. The molecular formula is C15H23N3O3. The Hall–Kier alpha value is -1.66. The fraction of sp³-hybridized carbons (Fsp3) is 0.600. The van der Waals surface area contributed by atoms with Crippen molar-refractivity contribution >= 4 is 11.4 Å². The fourth-order valence-electron chi connectivity index (χ4n) is 2.75. The maximum absolute atomic E-state index is 10.9. The van der Waals surface area contributed by atoms with Crippen molar-refractivity contribution in [2.75, 3.05) is 37.6 Å². The molecule has 0 bridgehead atoms. The van der Waals surface area contributed by atoms with E-state index in [2.05, 4.69) is 9.80 Å². The Labute approximate surface area is 125 Å². The maximum atomic E-state index is 10.9. The Morgan fingerprint density at radius 1 is 1.29 bits per heavy atom. The van der Waals surface area contributed by atoms with Gasteiger partial charge < -0.3 is 10.0 Å². The van der Waals surface area contributed by atoms with Crippen LogP contribution < -0.4 is 4.90 Å². The van der Waals surface area contributed by atoms with E-state index in [0.717, 1.165) is 37.4 Å². The number of non-ortho nitro benzene ring substituents is 1. The van der Waals surface area contributed by atoms with Gasteiger partial charge in [0.15, 0.2) is 0 Å². The van der Waals surface area contributed by atoms with Gasteiger partial charge in [0.2, 0.25) is 0 Å². The lowest BCUT2D eigenvalue weighted by Gasteiger charge is -2.38. The number of nitro benzene ring substituents is 1. The number of rotatable bonds is 4. The average Bonchev–Trinajstić information content (AvgIpc) is 2.38. The molecule has 1 fully saturated rings. The van der Waals surface area contributed by atoms with Gasteiger partial charge in [-0.3, -0.25) is 15.0 Å². The molecule has 1 aromatic rings. The third kappa shape index (κ3) is 4.15. The molecule has 6 nitrogen and oxygen atoms in total. The molecule has 1 aliphatic rings. The molecule has 21 heavy (non-hydrogen) atoms. The Morgan fingerprint density at radius 3 is 2.43 bits per heavy atom. The smallest absolute Gasteiger partial charge is 0.271 e. The van der Waals surface area contributed by atoms with Crippen molar-refractivity contribution in [1.82, 2.24) is 4.90 Å². The van der Waals surface area contributed by atoms with Gasteiger partial charge in [-0.15, -0.1) is 0 Å². The first-order chi connectivity index (χ1) is 9.76. The first kappa shape index (κ1) is 15.7. The van der Waals surface area contributed by atoms with E-state index in [1.165, 1.54) is 0 Å². The second kappa shape index (κ2) is 5.99. The minimum Gasteiger partial charge on any atom is -0.389 e. The molecule has 6 heteroatoms. The molecule has 0 spiro atoms. The molecule has 1 aliphatic heterocycles. The number of piperazine rings is 1.